The van der Waals surface area contributed by atoms with Crippen molar-refractivity contribution in [1.82, 2.24) is 15.0 Å². The molecule has 8 heteroatoms. The lowest BCUT2D eigenvalue weighted by atomic mass is 10.1. The zero-order valence-electron chi connectivity index (χ0n) is 10.8. The van der Waals surface area contributed by atoms with E-state index in [1.165, 1.54) is 18.6 Å². The van der Waals surface area contributed by atoms with Crippen LogP contribution in [-0.4, -0.2) is 20.9 Å². The van der Waals surface area contributed by atoms with E-state index >= 15 is 0 Å². The van der Waals surface area contributed by atoms with Crippen LogP contribution in [0.1, 0.15) is 10.5 Å². The molecule has 0 aliphatic carbocycles. The van der Waals surface area contributed by atoms with Crippen LogP contribution in [0.15, 0.2) is 30.7 Å². The first kappa shape index (κ1) is 13.9. The number of hydrogen-bond acceptors (Lipinski definition) is 4. The molecule has 3 aromatic rings. The largest absolute Gasteiger partial charge is 0.364 e. The predicted octanol–water partition coefficient (Wildman–Crippen LogP) is 2.21. The highest BCUT2D eigenvalue weighted by atomic mass is 19.2. The lowest BCUT2D eigenvalue weighted by Gasteiger charge is -2.07. The Kier molecular flexibility index (Phi) is 3.21. The summed E-state index contributed by atoms with van der Waals surface area (Å²) in [5.74, 6) is -5.05. The van der Waals surface area contributed by atoms with E-state index in [1.54, 1.807) is 0 Å². The fraction of sp³-hybridized carbons (Fsp3) is 0. The molecule has 0 fully saturated rings. The topological polar surface area (TPSA) is 81.8 Å². The summed E-state index contributed by atoms with van der Waals surface area (Å²) >= 11 is 0. The SMILES string of the molecule is NC(=O)c1cnc2cncc(-c3cc(F)c(F)c(F)c3)c2n1. The second-order valence-electron chi connectivity index (χ2n) is 4.43. The molecule has 0 radical (unpaired) electrons. The number of fused-ring (bicyclic) bond motifs is 1. The number of rotatable bonds is 2. The Labute approximate surface area is 121 Å². The minimum atomic E-state index is -1.57. The number of halogens is 3. The Morgan fingerprint density at radius 2 is 1.73 bits per heavy atom. The summed E-state index contributed by atoms with van der Waals surface area (Å²) in [4.78, 5) is 23.0. The molecule has 2 heterocycles. The molecule has 0 saturated carbocycles. The Hall–Kier alpha value is -3.03. The van der Waals surface area contributed by atoms with Gasteiger partial charge in [-0.05, 0) is 17.7 Å². The first-order valence-electron chi connectivity index (χ1n) is 6.03. The Morgan fingerprint density at radius 1 is 1.05 bits per heavy atom. The number of primary amides is 1. The third kappa shape index (κ3) is 2.24. The van der Waals surface area contributed by atoms with Crippen molar-refractivity contribution in [2.75, 3.05) is 0 Å². The van der Waals surface area contributed by atoms with Gasteiger partial charge in [0.1, 0.15) is 16.7 Å². The normalized spacial score (nSPS) is 10.9. The van der Waals surface area contributed by atoms with Crippen LogP contribution in [0.4, 0.5) is 13.2 Å². The van der Waals surface area contributed by atoms with Gasteiger partial charge in [0.25, 0.3) is 5.91 Å². The number of nitrogens with zero attached hydrogens (tertiary/aromatic N) is 3. The second kappa shape index (κ2) is 5.06. The van der Waals surface area contributed by atoms with Crippen LogP contribution in [0.25, 0.3) is 22.2 Å². The van der Waals surface area contributed by atoms with Crippen molar-refractivity contribution < 1.29 is 18.0 Å². The summed E-state index contributed by atoms with van der Waals surface area (Å²) in [6.45, 7) is 0. The van der Waals surface area contributed by atoms with Gasteiger partial charge < -0.3 is 5.73 Å². The Morgan fingerprint density at radius 3 is 2.36 bits per heavy atom. The molecule has 0 unspecified atom stereocenters. The van der Waals surface area contributed by atoms with Crippen molar-refractivity contribution in [2.45, 2.75) is 0 Å². The van der Waals surface area contributed by atoms with E-state index in [2.05, 4.69) is 15.0 Å². The highest BCUT2D eigenvalue weighted by Gasteiger charge is 2.15. The molecule has 1 aromatic carbocycles. The maximum Gasteiger partial charge on any atom is 0.268 e. The van der Waals surface area contributed by atoms with E-state index in [-0.39, 0.29) is 22.3 Å². The van der Waals surface area contributed by atoms with E-state index in [0.29, 0.717) is 5.52 Å². The predicted molar refractivity (Wildman–Crippen MR) is 71.2 cm³/mol. The van der Waals surface area contributed by atoms with Crippen molar-refractivity contribution in [2.24, 2.45) is 5.73 Å². The number of benzene rings is 1. The van der Waals surface area contributed by atoms with Gasteiger partial charge in [0.05, 0.1) is 12.4 Å². The van der Waals surface area contributed by atoms with Crippen LogP contribution >= 0.6 is 0 Å². The molecule has 0 bridgehead atoms. The number of aromatic nitrogens is 3. The third-order valence-electron chi connectivity index (χ3n) is 3.00. The smallest absolute Gasteiger partial charge is 0.268 e. The van der Waals surface area contributed by atoms with Crippen LogP contribution in [0.2, 0.25) is 0 Å². The molecule has 3 rings (SSSR count). The monoisotopic (exact) mass is 304 g/mol. The van der Waals surface area contributed by atoms with Gasteiger partial charge in [-0.25, -0.2) is 18.2 Å². The Balaban J connectivity index is 2.30. The van der Waals surface area contributed by atoms with Gasteiger partial charge in [-0.3, -0.25) is 14.8 Å². The van der Waals surface area contributed by atoms with E-state index in [1.807, 2.05) is 0 Å². The average molecular weight is 304 g/mol. The molecule has 0 spiro atoms. The zero-order chi connectivity index (χ0) is 15.9. The maximum absolute atomic E-state index is 13.4. The molecule has 0 atom stereocenters. The quantitative estimate of drug-likeness (QED) is 0.736. The summed E-state index contributed by atoms with van der Waals surface area (Å²) < 4.78 is 39.8. The lowest BCUT2D eigenvalue weighted by Crippen LogP contribution is -2.13. The van der Waals surface area contributed by atoms with Crippen molar-refractivity contribution in [1.29, 1.82) is 0 Å². The van der Waals surface area contributed by atoms with E-state index < -0.39 is 23.4 Å². The number of carbonyl (C=O) groups is 1. The molecule has 110 valence electrons. The Bertz CT molecular complexity index is 891. The molecule has 0 aliphatic heterocycles. The van der Waals surface area contributed by atoms with Crippen LogP contribution < -0.4 is 5.73 Å². The van der Waals surface area contributed by atoms with Crippen LogP contribution in [0.3, 0.4) is 0 Å². The highest BCUT2D eigenvalue weighted by Crippen LogP contribution is 2.28. The second-order valence-corrected chi connectivity index (χ2v) is 4.43. The van der Waals surface area contributed by atoms with E-state index in [4.69, 9.17) is 5.73 Å². The van der Waals surface area contributed by atoms with E-state index in [0.717, 1.165) is 12.1 Å². The molecular formula is C14H7F3N4O. The highest BCUT2D eigenvalue weighted by molar-refractivity contribution is 5.95. The van der Waals surface area contributed by atoms with Crippen LogP contribution in [0.5, 0.6) is 0 Å². The number of hydrogen-bond donors (Lipinski definition) is 1. The summed E-state index contributed by atoms with van der Waals surface area (Å²) in [7, 11) is 0. The number of carbonyl (C=O) groups excluding carboxylic acids is 1. The summed E-state index contributed by atoms with van der Waals surface area (Å²) in [5.41, 5.74) is 5.72. The van der Waals surface area contributed by atoms with Crippen molar-refractivity contribution in [3.8, 4) is 11.1 Å². The van der Waals surface area contributed by atoms with Crippen molar-refractivity contribution in [3.05, 3.63) is 53.9 Å². The fourth-order valence-corrected chi connectivity index (χ4v) is 1.98. The number of nitrogens with two attached hydrogens (primary N) is 1. The van der Waals surface area contributed by atoms with Gasteiger partial charge in [0, 0.05) is 11.8 Å². The fourth-order valence-electron chi connectivity index (χ4n) is 1.98. The summed E-state index contributed by atoms with van der Waals surface area (Å²) in [6.07, 6.45) is 3.82. The molecule has 2 aromatic heterocycles. The minimum absolute atomic E-state index is 0.0189. The van der Waals surface area contributed by atoms with E-state index in [9.17, 15) is 18.0 Å². The molecule has 0 aliphatic rings. The lowest BCUT2D eigenvalue weighted by molar-refractivity contribution is 0.0995. The molecule has 22 heavy (non-hydrogen) atoms. The molecule has 0 saturated heterocycles. The molecule has 5 nitrogen and oxygen atoms in total. The number of amides is 1. The molecule has 1 amide bonds. The summed E-state index contributed by atoms with van der Waals surface area (Å²) in [5, 5.41) is 0. The van der Waals surface area contributed by atoms with Gasteiger partial charge >= 0.3 is 0 Å². The standard InChI is InChI=1S/C14H7F3N4O/c15-8-1-6(2-9(16)12(8)17)7-3-19-4-10-13(7)21-11(5-20-10)14(18)22/h1-5H,(H2,18,22). The van der Waals surface area contributed by atoms with Gasteiger partial charge in [0.2, 0.25) is 0 Å². The van der Waals surface area contributed by atoms with Crippen LogP contribution in [0, 0.1) is 17.5 Å². The molecule has 2 N–H and O–H groups in total. The van der Waals surface area contributed by atoms with Gasteiger partial charge in [-0.2, -0.15) is 0 Å². The zero-order valence-corrected chi connectivity index (χ0v) is 10.8. The van der Waals surface area contributed by atoms with Gasteiger partial charge in [-0.1, -0.05) is 0 Å². The van der Waals surface area contributed by atoms with Crippen molar-refractivity contribution >= 4 is 16.9 Å². The van der Waals surface area contributed by atoms with Crippen LogP contribution in [-0.2, 0) is 0 Å². The van der Waals surface area contributed by atoms with Crippen molar-refractivity contribution in [3.63, 3.8) is 0 Å². The molecular weight excluding hydrogens is 297 g/mol. The number of pyridine rings is 1. The maximum atomic E-state index is 13.4. The minimum Gasteiger partial charge on any atom is -0.364 e. The van der Waals surface area contributed by atoms with Gasteiger partial charge in [0.15, 0.2) is 17.5 Å². The first-order chi connectivity index (χ1) is 10.5. The van der Waals surface area contributed by atoms with Gasteiger partial charge in [-0.15, -0.1) is 0 Å². The average Bonchev–Trinajstić information content (AvgIpc) is 2.51. The first-order valence-corrected chi connectivity index (χ1v) is 6.03. The third-order valence-corrected chi connectivity index (χ3v) is 3.00. The summed E-state index contributed by atoms with van der Waals surface area (Å²) in [6, 6.07) is 1.63.